The molecule has 3 aromatic rings. The van der Waals surface area contributed by atoms with Gasteiger partial charge in [-0.2, -0.15) is 13.2 Å². The molecule has 9 heteroatoms. The number of alkyl halides is 3. The first-order chi connectivity index (χ1) is 17.6. The number of halogens is 4. The first-order valence-corrected chi connectivity index (χ1v) is 11.9. The standard InChI is InChI=1S/C28H27F4N3O2/c1-18-12-20(10-11-25(18)29)21-14-22(17-35(16-21)27(37)34-24-8-3-2-4-9-24)26(36)33-15-19-6-5-7-23(13-19)28(30,31)32/h2-13,21-22H,14-17H2,1H3,(H,33,36)(H,34,37). The number of rotatable bonds is 5. The first kappa shape index (κ1) is 26.2. The van der Waals surface area contributed by atoms with E-state index in [9.17, 15) is 27.2 Å². The Labute approximate surface area is 212 Å². The SMILES string of the molecule is Cc1cc(C2CC(C(=O)NCc3cccc(C(F)(F)F)c3)CN(C(=O)Nc3ccccc3)C2)ccc1F. The number of nitrogens with one attached hydrogen (secondary N) is 2. The Kier molecular flexibility index (Phi) is 7.80. The number of carbonyl (C=O) groups excluding carboxylic acids is 2. The molecule has 0 saturated carbocycles. The van der Waals surface area contributed by atoms with Crippen LogP contribution in [0.3, 0.4) is 0 Å². The zero-order valence-electron chi connectivity index (χ0n) is 20.2. The minimum Gasteiger partial charge on any atom is -0.352 e. The molecule has 1 heterocycles. The monoisotopic (exact) mass is 513 g/mol. The summed E-state index contributed by atoms with van der Waals surface area (Å²) in [5.41, 5.74) is 1.43. The van der Waals surface area contributed by atoms with E-state index in [1.54, 1.807) is 48.2 Å². The number of carbonyl (C=O) groups is 2. The highest BCUT2D eigenvalue weighted by Gasteiger charge is 2.35. The predicted molar refractivity (Wildman–Crippen MR) is 132 cm³/mol. The van der Waals surface area contributed by atoms with Gasteiger partial charge in [0.15, 0.2) is 0 Å². The molecule has 4 rings (SSSR count). The third-order valence-electron chi connectivity index (χ3n) is 6.51. The summed E-state index contributed by atoms with van der Waals surface area (Å²) in [7, 11) is 0. The number of amides is 3. The molecule has 2 N–H and O–H groups in total. The van der Waals surface area contributed by atoms with E-state index in [1.165, 1.54) is 18.2 Å². The third kappa shape index (κ3) is 6.67. The number of piperidine rings is 1. The van der Waals surface area contributed by atoms with Gasteiger partial charge in [-0.15, -0.1) is 0 Å². The van der Waals surface area contributed by atoms with Crippen molar-refractivity contribution in [1.82, 2.24) is 10.2 Å². The summed E-state index contributed by atoms with van der Waals surface area (Å²) in [6.45, 7) is 2.06. The van der Waals surface area contributed by atoms with Gasteiger partial charge in [-0.25, -0.2) is 9.18 Å². The lowest BCUT2D eigenvalue weighted by Crippen LogP contribution is -2.49. The van der Waals surface area contributed by atoms with Crippen molar-refractivity contribution in [2.75, 3.05) is 18.4 Å². The lowest BCUT2D eigenvalue weighted by Gasteiger charge is -2.37. The Morgan fingerprint density at radius 3 is 2.43 bits per heavy atom. The topological polar surface area (TPSA) is 61.4 Å². The Balaban J connectivity index is 1.50. The van der Waals surface area contributed by atoms with E-state index in [0.29, 0.717) is 29.8 Å². The molecule has 1 saturated heterocycles. The van der Waals surface area contributed by atoms with Crippen LogP contribution in [0.1, 0.15) is 34.6 Å². The summed E-state index contributed by atoms with van der Waals surface area (Å²) >= 11 is 0. The fraction of sp³-hybridized carbons (Fsp3) is 0.286. The number of benzene rings is 3. The van der Waals surface area contributed by atoms with Crippen molar-refractivity contribution in [2.45, 2.75) is 32.0 Å². The molecule has 5 nitrogen and oxygen atoms in total. The van der Waals surface area contributed by atoms with Crippen LogP contribution in [0.15, 0.2) is 72.8 Å². The summed E-state index contributed by atoms with van der Waals surface area (Å²) in [5.74, 6) is -1.53. The van der Waals surface area contributed by atoms with Crippen molar-refractivity contribution < 1.29 is 27.2 Å². The number of urea groups is 1. The molecule has 0 aromatic heterocycles. The minimum absolute atomic E-state index is 0.0736. The quantitative estimate of drug-likeness (QED) is 0.405. The molecule has 1 fully saturated rings. The Morgan fingerprint density at radius 2 is 1.73 bits per heavy atom. The van der Waals surface area contributed by atoms with E-state index in [-0.39, 0.29) is 36.8 Å². The van der Waals surface area contributed by atoms with Crippen LogP contribution in [-0.2, 0) is 17.5 Å². The van der Waals surface area contributed by atoms with Crippen LogP contribution >= 0.6 is 0 Å². The number of likely N-dealkylation sites (tertiary alicyclic amines) is 1. The number of hydrogen-bond donors (Lipinski definition) is 2. The molecule has 37 heavy (non-hydrogen) atoms. The molecule has 2 unspecified atom stereocenters. The predicted octanol–water partition coefficient (Wildman–Crippen LogP) is 6.11. The number of aryl methyl sites for hydroxylation is 1. The average molecular weight is 514 g/mol. The normalized spacial score (nSPS) is 17.8. The van der Waals surface area contributed by atoms with Gasteiger partial charge in [0.2, 0.25) is 5.91 Å². The molecular formula is C28H27F4N3O2. The highest BCUT2D eigenvalue weighted by molar-refractivity contribution is 5.90. The second kappa shape index (κ2) is 11.0. The van der Waals surface area contributed by atoms with Crippen molar-refractivity contribution in [1.29, 1.82) is 0 Å². The number of anilines is 1. The van der Waals surface area contributed by atoms with E-state index in [2.05, 4.69) is 10.6 Å². The molecule has 1 aliphatic heterocycles. The fourth-order valence-electron chi connectivity index (χ4n) is 4.53. The van der Waals surface area contributed by atoms with Gasteiger partial charge in [-0.3, -0.25) is 4.79 Å². The van der Waals surface area contributed by atoms with Crippen molar-refractivity contribution in [3.63, 3.8) is 0 Å². The fourth-order valence-corrected chi connectivity index (χ4v) is 4.53. The van der Waals surface area contributed by atoms with Crippen molar-refractivity contribution in [2.24, 2.45) is 5.92 Å². The van der Waals surface area contributed by atoms with Gasteiger partial charge in [-0.1, -0.05) is 42.5 Å². The van der Waals surface area contributed by atoms with Crippen molar-refractivity contribution in [3.05, 3.63) is 101 Å². The Morgan fingerprint density at radius 1 is 0.973 bits per heavy atom. The molecule has 0 aliphatic carbocycles. The van der Waals surface area contributed by atoms with Crippen LogP contribution in [0.25, 0.3) is 0 Å². The number of hydrogen-bond acceptors (Lipinski definition) is 2. The lowest BCUT2D eigenvalue weighted by molar-refractivity contribution is -0.137. The van der Waals surface area contributed by atoms with Gasteiger partial charge in [0, 0.05) is 31.2 Å². The molecule has 0 bridgehead atoms. The molecule has 3 amide bonds. The Hall–Kier alpha value is -3.88. The van der Waals surface area contributed by atoms with Gasteiger partial charge >= 0.3 is 12.2 Å². The van der Waals surface area contributed by atoms with Gasteiger partial charge in [0.1, 0.15) is 5.82 Å². The maximum atomic E-state index is 13.9. The molecule has 194 valence electrons. The van der Waals surface area contributed by atoms with Crippen LogP contribution in [-0.4, -0.2) is 29.9 Å². The van der Waals surface area contributed by atoms with Crippen LogP contribution in [0, 0.1) is 18.7 Å². The zero-order valence-corrected chi connectivity index (χ0v) is 20.2. The maximum Gasteiger partial charge on any atom is 0.416 e. The van der Waals surface area contributed by atoms with E-state index >= 15 is 0 Å². The van der Waals surface area contributed by atoms with Gasteiger partial charge in [-0.05, 0) is 60.4 Å². The zero-order chi connectivity index (χ0) is 26.6. The van der Waals surface area contributed by atoms with E-state index < -0.39 is 17.7 Å². The molecule has 1 aliphatic rings. The molecule has 0 spiro atoms. The third-order valence-corrected chi connectivity index (χ3v) is 6.51. The molecular weight excluding hydrogens is 486 g/mol. The molecule has 3 aromatic carbocycles. The van der Waals surface area contributed by atoms with E-state index in [0.717, 1.165) is 17.7 Å². The Bertz CT molecular complexity index is 1260. The van der Waals surface area contributed by atoms with Crippen LogP contribution in [0.4, 0.5) is 28.0 Å². The summed E-state index contributed by atoms with van der Waals surface area (Å²) in [5, 5.41) is 5.55. The van der Waals surface area contributed by atoms with Gasteiger partial charge in [0.05, 0.1) is 11.5 Å². The summed E-state index contributed by atoms with van der Waals surface area (Å²) < 4.78 is 53.0. The van der Waals surface area contributed by atoms with Crippen molar-refractivity contribution >= 4 is 17.6 Å². The summed E-state index contributed by atoms with van der Waals surface area (Å²) in [6.07, 6.45) is -4.06. The highest BCUT2D eigenvalue weighted by Crippen LogP contribution is 2.32. The van der Waals surface area contributed by atoms with E-state index in [1.807, 2.05) is 6.07 Å². The molecule has 0 radical (unpaired) electrons. The molecule has 2 atom stereocenters. The number of para-hydroxylation sites is 1. The smallest absolute Gasteiger partial charge is 0.352 e. The largest absolute Gasteiger partial charge is 0.416 e. The van der Waals surface area contributed by atoms with Gasteiger partial charge in [0.25, 0.3) is 0 Å². The highest BCUT2D eigenvalue weighted by atomic mass is 19.4. The second-order valence-electron chi connectivity index (χ2n) is 9.26. The summed E-state index contributed by atoms with van der Waals surface area (Å²) in [4.78, 5) is 27.7. The van der Waals surface area contributed by atoms with Crippen LogP contribution in [0.5, 0.6) is 0 Å². The van der Waals surface area contributed by atoms with E-state index in [4.69, 9.17) is 0 Å². The summed E-state index contributed by atoms with van der Waals surface area (Å²) in [6, 6.07) is 18.1. The maximum absolute atomic E-state index is 13.9. The van der Waals surface area contributed by atoms with Crippen LogP contribution in [0.2, 0.25) is 0 Å². The first-order valence-electron chi connectivity index (χ1n) is 11.9. The minimum atomic E-state index is -4.48. The number of nitrogens with zero attached hydrogens (tertiary/aromatic N) is 1. The van der Waals surface area contributed by atoms with Crippen molar-refractivity contribution in [3.8, 4) is 0 Å². The van der Waals surface area contributed by atoms with Gasteiger partial charge < -0.3 is 15.5 Å². The van der Waals surface area contributed by atoms with Crippen LogP contribution < -0.4 is 10.6 Å². The average Bonchev–Trinajstić information content (AvgIpc) is 2.89. The second-order valence-corrected chi connectivity index (χ2v) is 9.26. The lowest BCUT2D eigenvalue weighted by atomic mass is 9.83.